The Hall–Kier alpha value is -0.570. The van der Waals surface area contributed by atoms with E-state index in [9.17, 15) is 4.79 Å². The fourth-order valence-corrected chi connectivity index (χ4v) is 2.41. The summed E-state index contributed by atoms with van der Waals surface area (Å²) in [5, 5.41) is 0. The highest BCUT2D eigenvalue weighted by atomic mass is 16.7. The van der Waals surface area contributed by atoms with Crippen molar-refractivity contribution in [2.24, 2.45) is 0 Å². The zero-order chi connectivity index (χ0) is 16.8. The van der Waals surface area contributed by atoms with Gasteiger partial charge in [0.1, 0.15) is 6.29 Å². The lowest BCUT2D eigenvalue weighted by atomic mass is 10.4. The minimum Gasteiger partial charge on any atom is -0.379 e. The maximum absolute atomic E-state index is 9.99. The van der Waals surface area contributed by atoms with Crippen molar-refractivity contribution in [3.05, 3.63) is 0 Å². The highest BCUT2D eigenvalue weighted by Crippen LogP contribution is 2.02. The number of aldehydes is 1. The normalized spacial score (nSPS) is 20.1. The van der Waals surface area contributed by atoms with Gasteiger partial charge in [-0.3, -0.25) is 9.80 Å². The molecule has 2 aliphatic rings. The molecule has 0 aromatic heterocycles. The topological polar surface area (TPSA) is 60.5 Å². The van der Waals surface area contributed by atoms with Crippen LogP contribution in [0.15, 0.2) is 0 Å². The molecule has 23 heavy (non-hydrogen) atoms. The summed E-state index contributed by atoms with van der Waals surface area (Å²) in [5.41, 5.74) is 0. The molecule has 136 valence electrons. The van der Waals surface area contributed by atoms with Crippen LogP contribution in [-0.2, 0) is 23.7 Å². The third kappa shape index (κ3) is 10.0. The molecule has 0 atom stereocenters. The molecular formula is C16H32N2O5. The average Bonchev–Trinajstić information content (AvgIpc) is 2.58. The van der Waals surface area contributed by atoms with Crippen LogP contribution in [0.3, 0.4) is 0 Å². The number of morpholine rings is 2. The number of carbonyl (C=O) groups is 1. The smallest absolute Gasteiger partial charge is 0.170 e. The first-order valence-electron chi connectivity index (χ1n) is 8.57. The Bertz CT molecular complexity index is 276. The van der Waals surface area contributed by atoms with Crippen molar-refractivity contribution in [1.29, 1.82) is 0 Å². The molecular weight excluding hydrogens is 300 g/mol. The van der Waals surface area contributed by atoms with Gasteiger partial charge in [-0.05, 0) is 13.8 Å². The van der Waals surface area contributed by atoms with Gasteiger partial charge >= 0.3 is 0 Å². The zero-order valence-corrected chi connectivity index (χ0v) is 14.6. The lowest BCUT2D eigenvalue weighted by Gasteiger charge is -2.29. The van der Waals surface area contributed by atoms with Crippen molar-refractivity contribution in [1.82, 2.24) is 9.80 Å². The third-order valence-corrected chi connectivity index (χ3v) is 3.65. The standard InChI is InChI=1S/C10H21NO3.C6H11NO2/c1-3-13-10(14-4-2)9-11-5-7-12-8-6-11;8-4-1-7-2-5-9-6-3-7/h10H,3-9H2,1-2H3;4H,1-3,5-6H2. The summed E-state index contributed by atoms with van der Waals surface area (Å²) in [7, 11) is 0. The quantitative estimate of drug-likeness (QED) is 0.466. The van der Waals surface area contributed by atoms with Gasteiger partial charge in [-0.1, -0.05) is 0 Å². The Morgan fingerprint density at radius 3 is 1.83 bits per heavy atom. The van der Waals surface area contributed by atoms with Gasteiger partial charge in [0.05, 0.1) is 33.0 Å². The second-order valence-electron chi connectivity index (χ2n) is 5.33. The van der Waals surface area contributed by atoms with E-state index in [-0.39, 0.29) is 6.29 Å². The van der Waals surface area contributed by atoms with Gasteiger partial charge in [-0.25, -0.2) is 0 Å². The van der Waals surface area contributed by atoms with Crippen LogP contribution in [0.25, 0.3) is 0 Å². The van der Waals surface area contributed by atoms with E-state index in [2.05, 4.69) is 9.80 Å². The van der Waals surface area contributed by atoms with E-state index >= 15 is 0 Å². The molecule has 7 heteroatoms. The van der Waals surface area contributed by atoms with Crippen LogP contribution in [0.4, 0.5) is 0 Å². The molecule has 0 N–H and O–H groups in total. The monoisotopic (exact) mass is 332 g/mol. The molecule has 0 aromatic rings. The average molecular weight is 332 g/mol. The summed E-state index contributed by atoms with van der Waals surface area (Å²) in [6.07, 6.45) is 0.855. The van der Waals surface area contributed by atoms with Crippen LogP contribution < -0.4 is 0 Å². The molecule has 2 rings (SSSR count). The summed E-state index contributed by atoms with van der Waals surface area (Å²) in [5.74, 6) is 0. The second-order valence-corrected chi connectivity index (χ2v) is 5.33. The van der Waals surface area contributed by atoms with Crippen LogP contribution in [0.2, 0.25) is 0 Å². The summed E-state index contributed by atoms with van der Waals surface area (Å²) in [6.45, 7) is 13.8. The van der Waals surface area contributed by atoms with Crippen molar-refractivity contribution in [3.63, 3.8) is 0 Å². The van der Waals surface area contributed by atoms with Crippen molar-refractivity contribution in [2.75, 3.05) is 78.9 Å². The number of hydrogen-bond acceptors (Lipinski definition) is 7. The molecule has 0 bridgehead atoms. The molecule has 0 saturated carbocycles. The molecule has 0 amide bonds. The van der Waals surface area contributed by atoms with Crippen molar-refractivity contribution >= 4 is 6.29 Å². The molecule has 0 unspecified atom stereocenters. The Morgan fingerprint density at radius 2 is 1.39 bits per heavy atom. The molecule has 0 radical (unpaired) electrons. The highest BCUT2D eigenvalue weighted by molar-refractivity contribution is 5.51. The van der Waals surface area contributed by atoms with Crippen LogP contribution >= 0.6 is 0 Å². The molecule has 0 spiro atoms. The summed E-state index contributed by atoms with van der Waals surface area (Å²) >= 11 is 0. The predicted molar refractivity (Wildman–Crippen MR) is 87.6 cm³/mol. The van der Waals surface area contributed by atoms with Crippen molar-refractivity contribution in [2.45, 2.75) is 20.1 Å². The molecule has 2 fully saturated rings. The first-order chi connectivity index (χ1) is 11.3. The summed E-state index contributed by atoms with van der Waals surface area (Å²) < 4.78 is 21.3. The van der Waals surface area contributed by atoms with E-state index in [0.29, 0.717) is 19.8 Å². The number of carbonyl (C=O) groups excluding carboxylic acids is 1. The minimum absolute atomic E-state index is 0.0805. The largest absolute Gasteiger partial charge is 0.379 e. The van der Waals surface area contributed by atoms with Gasteiger partial charge in [0, 0.05) is 45.9 Å². The summed E-state index contributed by atoms with van der Waals surface area (Å²) in [4.78, 5) is 14.4. The van der Waals surface area contributed by atoms with E-state index in [4.69, 9.17) is 18.9 Å². The number of hydrogen-bond donors (Lipinski definition) is 0. The van der Waals surface area contributed by atoms with Crippen LogP contribution in [0.5, 0.6) is 0 Å². The minimum atomic E-state index is -0.0805. The second kappa shape index (κ2) is 13.8. The molecule has 0 aliphatic carbocycles. The van der Waals surface area contributed by atoms with Gasteiger partial charge < -0.3 is 23.7 Å². The van der Waals surface area contributed by atoms with Crippen LogP contribution in [-0.4, -0.2) is 101 Å². The molecule has 7 nitrogen and oxygen atoms in total. The number of ether oxygens (including phenoxy) is 4. The van der Waals surface area contributed by atoms with E-state index < -0.39 is 0 Å². The first-order valence-corrected chi connectivity index (χ1v) is 8.57. The lowest BCUT2D eigenvalue weighted by Crippen LogP contribution is -2.42. The maximum Gasteiger partial charge on any atom is 0.170 e. The lowest BCUT2D eigenvalue weighted by molar-refractivity contribution is -0.152. The summed E-state index contributed by atoms with van der Waals surface area (Å²) in [6, 6.07) is 0. The molecule has 0 aromatic carbocycles. The molecule has 2 aliphatic heterocycles. The van der Waals surface area contributed by atoms with Crippen LogP contribution in [0, 0.1) is 0 Å². The first kappa shape index (κ1) is 20.5. The van der Waals surface area contributed by atoms with Crippen molar-refractivity contribution < 1.29 is 23.7 Å². The van der Waals surface area contributed by atoms with Gasteiger partial charge in [0.25, 0.3) is 0 Å². The Labute approximate surface area is 139 Å². The fraction of sp³-hybridized carbons (Fsp3) is 0.938. The van der Waals surface area contributed by atoms with Gasteiger partial charge in [0.15, 0.2) is 6.29 Å². The van der Waals surface area contributed by atoms with Crippen LogP contribution in [0.1, 0.15) is 13.8 Å². The molecule has 2 saturated heterocycles. The van der Waals surface area contributed by atoms with E-state index in [1.165, 1.54) is 0 Å². The Morgan fingerprint density at radius 1 is 0.913 bits per heavy atom. The fourth-order valence-electron chi connectivity index (χ4n) is 2.41. The Kier molecular flexibility index (Phi) is 12.3. The number of nitrogens with zero attached hydrogens (tertiary/aromatic N) is 2. The van der Waals surface area contributed by atoms with Gasteiger partial charge in [-0.2, -0.15) is 0 Å². The van der Waals surface area contributed by atoms with Crippen molar-refractivity contribution in [3.8, 4) is 0 Å². The highest BCUT2D eigenvalue weighted by Gasteiger charge is 2.16. The molecule has 2 heterocycles. The maximum atomic E-state index is 9.99. The predicted octanol–water partition coefficient (Wildman–Crippen LogP) is 0.235. The van der Waals surface area contributed by atoms with E-state index in [1.807, 2.05) is 13.8 Å². The van der Waals surface area contributed by atoms with E-state index in [0.717, 1.165) is 65.4 Å². The zero-order valence-electron chi connectivity index (χ0n) is 14.6. The third-order valence-electron chi connectivity index (χ3n) is 3.65. The van der Waals surface area contributed by atoms with Gasteiger partial charge in [0.2, 0.25) is 0 Å². The van der Waals surface area contributed by atoms with Gasteiger partial charge in [-0.15, -0.1) is 0 Å². The van der Waals surface area contributed by atoms with E-state index in [1.54, 1.807) is 0 Å². The number of rotatable bonds is 8. The SMILES string of the molecule is CCOC(CN1CCOCC1)OCC.O=CCN1CCOCC1. The Balaban J connectivity index is 0.000000253.